The van der Waals surface area contributed by atoms with Gasteiger partial charge in [-0.2, -0.15) is 0 Å². The van der Waals surface area contributed by atoms with Gasteiger partial charge >= 0.3 is 0 Å². The molecule has 2 atom stereocenters. The highest BCUT2D eigenvalue weighted by Gasteiger charge is 2.22. The summed E-state index contributed by atoms with van der Waals surface area (Å²) in [5.74, 6) is 0.347. The van der Waals surface area contributed by atoms with Crippen LogP contribution in [0, 0.1) is 5.92 Å². The molecule has 0 spiro atoms. The van der Waals surface area contributed by atoms with Crippen LogP contribution >= 0.6 is 0 Å². The molecule has 0 fully saturated rings. The molecule has 0 aliphatic carbocycles. The monoisotopic (exact) mass is 200 g/mol. The van der Waals surface area contributed by atoms with E-state index in [1.165, 1.54) is 0 Å². The van der Waals surface area contributed by atoms with Gasteiger partial charge in [-0.25, -0.2) is 0 Å². The summed E-state index contributed by atoms with van der Waals surface area (Å²) in [6.07, 6.45) is 3.11. The summed E-state index contributed by atoms with van der Waals surface area (Å²) in [7, 11) is 1.83. The predicted molar refractivity (Wildman–Crippen MR) is 60.0 cm³/mol. The molecule has 2 N–H and O–H groups in total. The third kappa shape index (κ3) is 4.09. The molecular formula is C11H24N2O. The van der Waals surface area contributed by atoms with Gasteiger partial charge in [-0.1, -0.05) is 33.6 Å². The van der Waals surface area contributed by atoms with Gasteiger partial charge in [-0.05, 0) is 12.3 Å². The first-order chi connectivity index (χ1) is 6.54. The van der Waals surface area contributed by atoms with Crippen molar-refractivity contribution in [1.82, 2.24) is 4.90 Å². The highest BCUT2D eigenvalue weighted by molar-refractivity contribution is 5.81. The van der Waals surface area contributed by atoms with Crippen molar-refractivity contribution in [2.24, 2.45) is 11.7 Å². The van der Waals surface area contributed by atoms with Gasteiger partial charge in [0.2, 0.25) is 5.91 Å². The van der Waals surface area contributed by atoms with Crippen LogP contribution in [0.25, 0.3) is 0 Å². The van der Waals surface area contributed by atoms with Crippen molar-refractivity contribution in [3.8, 4) is 0 Å². The fraction of sp³-hybridized carbons (Fsp3) is 0.909. The molecule has 0 rings (SSSR count). The maximum atomic E-state index is 11.8. The van der Waals surface area contributed by atoms with Gasteiger partial charge in [-0.15, -0.1) is 0 Å². The van der Waals surface area contributed by atoms with E-state index < -0.39 is 0 Å². The lowest BCUT2D eigenvalue weighted by atomic mass is 9.99. The second-order valence-electron chi connectivity index (χ2n) is 4.02. The lowest BCUT2D eigenvalue weighted by Crippen LogP contribution is -2.45. The van der Waals surface area contributed by atoms with Crippen molar-refractivity contribution in [2.45, 2.75) is 46.1 Å². The Morgan fingerprint density at radius 3 is 2.43 bits per heavy atom. The number of hydrogen-bond donors (Lipinski definition) is 1. The third-order valence-electron chi connectivity index (χ3n) is 2.77. The Bertz CT molecular complexity index is 171. The number of hydrogen-bond acceptors (Lipinski definition) is 2. The summed E-state index contributed by atoms with van der Waals surface area (Å²) >= 11 is 0. The number of rotatable bonds is 6. The highest BCUT2D eigenvalue weighted by Crippen LogP contribution is 2.08. The molecule has 2 unspecified atom stereocenters. The summed E-state index contributed by atoms with van der Waals surface area (Å²) < 4.78 is 0. The molecule has 0 aromatic carbocycles. The van der Waals surface area contributed by atoms with Crippen LogP contribution in [-0.2, 0) is 4.79 Å². The molecular weight excluding hydrogens is 176 g/mol. The molecule has 0 heterocycles. The molecule has 0 saturated heterocycles. The maximum Gasteiger partial charge on any atom is 0.239 e. The van der Waals surface area contributed by atoms with E-state index in [0.29, 0.717) is 0 Å². The van der Waals surface area contributed by atoms with Gasteiger partial charge in [0.25, 0.3) is 0 Å². The lowest BCUT2D eigenvalue weighted by Gasteiger charge is -2.24. The SMILES string of the molecule is CCCCN(C)C(=O)C(N)C(C)CC. The molecule has 1 amide bonds. The summed E-state index contributed by atoms with van der Waals surface area (Å²) in [4.78, 5) is 13.5. The molecule has 84 valence electrons. The summed E-state index contributed by atoms with van der Waals surface area (Å²) in [6, 6.07) is -0.332. The minimum absolute atomic E-state index is 0.0767. The number of carbonyl (C=O) groups excluding carboxylic acids is 1. The first-order valence-electron chi connectivity index (χ1n) is 5.55. The molecule has 0 radical (unpaired) electrons. The quantitative estimate of drug-likeness (QED) is 0.708. The number of carbonyl (C=O) groups is 1. The Morgan fingerprint density at radius 1 is 1.43 bits per heavy atom. The molecule has 0 aliphatic rings. The molecule has 3 nitrogen and oxygen atoms in total. The van der Waals surface area contributed by atoms with Crippen molar-refractivity contribution in [3.63, 3.8) is 0 Å². The first kappa shape index (κ1) is 13.4. The van der Waals surface area contributed by atoms with Crippen LogP contribution in [0.3, 0.4) is 0 Å². The van der Waals surface area contributed by atoms with E-state index in [2.05, 4.69) is 13.8 Å². The second-order valence-corrected chi connectivity index (χ2v) is 4.02. The van der Waals surface area contributed by atoms with Gasteiger partial charge in [0.05, 0.1) is 6.04 Å². The second kappa shape index (κ2) is 6.82. The standard InChI is InChI=1S/C11H24N2O/c1-5-7-8-13(4)11(14)10(12)9(3)6-2/h9-10H,5-8,12H2,1-4H3. The van der Waals surface area contributed by atoms with E-state index in [0.717, 1.165) is 25.8 Å². The minimum Gasteiger partial charge on any atom is -0.344 e. The van der Waals surface area contributed by atoms with Gasteiger partial charge in [-0.3, -0.25) is 4.79 Å². The Morgan fingerprint density at radius 2 is 2.00 bits per heavy atom. The van der Waals surface area contributed by atoms with Crippen LogP contribution in [0.2, 0.25) is 0 Å². The van der Waals surface area contributed by atoms with Crippen molar-refractivity contribution in [1.29, 1.82) is 0 Å². The Balaban J connectivity index is 4.03. The Kier molecular flexibility index (Phi) is 6.54. The van der Waals surface area contributed by atoms with Crippen molar-refractivity contribution in [2.75, 3.05) is 13.6 Å². The average molecular weight is 200 g/mol. The van der Waals surface area contributed by atoms with Crippen LogP contribution in [0.4, 0.5) is 0 Å². The van der Waals surface area contributed by atoms with Crippen molar-refractivity contribution >= 4 is 5.91 Å². The van der Waals surface area contributed by atoms with E-state index in [9.17, 15) is 4.79 Å². The van der Waals surface area contributed by atoms with E-state index in [-0.39, 0.29) is 17.9 Å². The third-order valence-corrected chi connectivity index (χ3v) is 2.77. The number of unbranched alkanes of at least 4 members (excludes halogenated alkanes) is 1. The number of likely N-dealkylation sites (N-methyl/N-ethyl adjacent to an activating group) is 1. The van der Waals surface area contributed by atoms with Crippen molar-refractivity contribution in [3.05, 3.63) is 0 Å². The summed E-state index contributed by atoms with van der Waals surface area (Å²) in [5.41, 5.74) is 5.85. The Hall–Kier alpha value is -0.570. The molecule has 0 bridgehead atoms. The van der Waals surface area contributed by atoms with Crippen LogP contribution in [0.1, 0.15) is 40.0 Å². The fourth-order valence-corrected chi connectivity index (χ4v) is 1.26. The molecule has 14 heavy (non-hydrogen) atoms. The Labute approximate surface area is 87.6 Å². The largest absolute Gasteiger partial charge is 0.344 e. The van der Waals surface area contributed by atoms with Crippen LogP contribution in [0.15, 0.2) is 0 Å². The van der Waals surface area contributed by atoms with E-state index >= 15 is 0 Å². The highest BCUT2D eigenvalue weighted by atomic mass is 16.2. The van der Waals surface area contributed by atoms with Gasteiger partial charge in [0.15, 0.2) is 0 Å². The first-order valence-corrected chi connectivity index (χ1v) is 5.55. The maximum absolute atomic E-state index is 11.8. The van der Waals surface area contributed by atoms with Crippen LogP contribution in [0.5, 0.6) is 0 Å². The zero-order chi connectivity index (χ0) is 11.1. The normalized spacial score (nSPS) is 14.9. The van der Waals surface area contributed by atoms with E-state index in [4.69, 9.17) is 5.73 Å². The fourth-order valence-electron chi connectivity index (χ4n) is 1.26. The molecule has 3 heteroatoms. The van der Waals surface area contributed by atoms with E-state index in [1.807, 2.05) is 14.0 Å². The van der Waals surface area contributed by atoms with Crippen LogP contribution in [-0.4, -0.2) is 30.4 Å². The molecule has 0 aromatic rings. The zero-order valence-corrected chi connectivity index (χ0v) is 9.92. The average Bonchev–Trinajstić information content (AvgIpc) is 2.22. The van der Waals surface area contributed by atoms with Gasteiger partial charge < -0.3 is 10.6 Å². The summed E-state index contributed by atoms with van der Waals surface area (Å²) in [6.45, 7) is 7.02. The van der Waals surface area contributed by atoms with Gasteiger partial charge in [0.1, 0.15) is 0 Å². The number of amides is 1. The minimum atomic E-state index is -0.332. The molecule has 0 aliphatic heterocycles. The summed E-state index contributed by atoms with van der Waals surface area (Å²) in [5, 5.41) is 0. The van der Waals surface area contributed by atoms with E-state index in [1.54, 1.807) is 4.90 Å². The number of nitrogens with two attached hydrogens (primary N) is 1. The van der Waals surface area contributed by atoms with Gasteiger partial charge in [0, 0.05) is 13.6 Å². The smallest absolute Gasteiger partial charge is 0.239 e. The zero-order valence-electron chi connectivity index (χ0n) is 9.92. The predicted octanol–water partition coefficient (Wildman–Crippen LogP) is 1.62. The van der Waals surface area contributed by atoms with Crippen LogP contribution < -0.4 is 5.73 Å². The number of nitrogens with zero attached hydrogens (tertiary/aromatic N) is 1. The topological polar surface area (TPSA) is 46.3 Å². The lowest BCUT2D eigenvalue weighted by molar-refractivity contribution is -0.132. The van der Waals surface area contributed by atoms with Crippen molar-refractivity contribution < 1.29 is 4.79 Å². The molecule has 0 saturated carbocycles. The molecule has 0 aromatic heterocycles.